The average molecular weight is 380 g/mol. The van der Waals surface area contributed by atoms with E-state index in [1.807, 2.05) is 11.9 Å². The third kappa shape index (κ3) is 4.41. The van der Waals surface area contributed by atoms with E-state index in [1.54, 1.807) is 4.90 Å². The minimum atomic E-state index is -0.340. The van der Waals surface area contributed by atoms with Gasteiger partial charge in [-0.25, -0.2) is 4.79 Å². The van der Waals surface area contributed by atoms with Crippen molar-refractivity contribution < 1.29 is 18.9 Å². The van der Waals surface area contributed by atoms with Gasteiger partial charge in [-0.2, -0.15) is 0 Å². The van der Waals surface area contributed by atoms with Crippen LogP contribution in [0.5, 0.6) is 0 Å². The van der Waals surface area contributed by atoms with E-state index in [-0.39, 0.29) is 36.1 Å². The molecule has 0 bridgehead atoms. The van der Waals surface area contributed by atoms with Crippen molar-refractivity contribution in [1.82, 2.24) is 20.0 Å². The van der Waals surface area contributed by atoms with E-state index in [4.69, 9.17) is 9.31 Å². The molecular weight excluding hydrogens is 347 g/mol. The number of carbonyl (C=O) groups excluding carboxylic acids is 2. The Balaban J connectivity index is 1.40. The number of nitrogens with zero attached hydrogens (tertiary/aromatic N) is 3. The van der Waals surface area contributed by atoms with Gasteiger partial charge < -0.3 is 24.4 Å². The van der Waals surface area contributed by atoms with Gasteiger partial charge in [0.25, 0.3) is 0 Å². The largest absolute Gasteiger partial charge is 0.463 e. The fraction of sp³-hybridized carbons (Fsp3) is 0.889. The number of rotatable bonds is 4. The number of urea groups is 1. The molecule has 27 heavy (non-hydrogen) atoms. The Morgan fingerprint density at radius 1 is 1.19 bits per heavy atom. The number of hydrogen-bond donors (Lipinski definition) is 1. The van der Waals surface area contributed by atoms with Crippen LogP contribution in [0.4, 0.5) is 4.79 Å². The van der Waals surface area contributed by atoms with Crippen LogP contribution >= 0.6 is 0 Å². The summed E-state index contributed by atoms with van der Waals surface area (Å²) in [5, 5.41) is 2.98. The van der Waals surface area contributed by atoms with Gasteiger partial charge in [-0.1, -0.05) is 0 Å². The Kier molecular flexibility index (Phi) is 5.75. The van der Waals surface area contributed by atoms with Gasteiger partial charge in [0.2, 0.25) is 5.91 Å². The molecule has 3 fully saturated rings. The lowest BCUT2D eigenvalue weighted by molar-refractivity contribution is -0.134. The van der Waals surface area contributed by atoms with E-state index in [1.165, 1.54) is 0 Å². The molecule has 3 amide bonds. The molecule has 3 aliphatic rings. The molecule has 1 N–H and O–H groups in total. The molecule has 3 heterocycles. The standard InChI is InChI=1S/C18H33BN4O4/c1-17(2)18(3,4)27-19(26-17)14-6-8-23(12-14)16(25)20-7-9-22-11-10-21(5)15(24)13-22/h14H,6-13H2,1-5H3,(H,20,25). The fourth-order valence-corrected chi connectivity index (χ4v) is 3.71. The maximum atomic E-state index is 12.5. The summed E-state index contributed by atoms with van der Waals surface area (Å²) >= 11 is 0. The van der Waals surface area contributed by atoms with Crippen molar-refractivity contribution in [2.45, 2.75) is 51.1 Å². The first-order valence-corrected chi connectivity index (χ1v) is 9.94. The molecule has 1 unspecified atom stereocenters. The first kappa shape index (κ1) is 20.4. The summed E-state index contributed by atoms with van der Waals surface area (Å²) in [7, 11) is 1.56. The van der Waals surface area contributed by atoms with E-state index in [0.29, 0.717) is 32.7 Å². The van der Waals surface area contributed by atoms with Crippen molar-refractivity contribution in [3.05, 3.63) is 0 Å². The Labute approximate surface area is 162 Å². The molecule has 3 saturated heterocycles. The van der Waals surface area contributed by atoms with Crippen molar-refractivity contribution >= 4 is 19.1 Å². The van der Waals surface area contributed by atoms with Gasteiger partial charge in [-0.15, -0.1) is 0 Å². The zero-order valence-electron chi connectivity index (χ0n) is 17.3. The molecule has 0 aromatic carbocycles. The number of piperazine rings is 1. The van der Waals surface area contributed by atoms with Gasteiger partial charge >= 0.3 is 13.1 Å². The van der Waals surface area contributed by atoms with Crippen LogP contribution in [0.2, 0.25) is 5.82 Å². The van der Waals surface area contributed by atoms with E-state index < -0.39 is 0 Å². The Hall–Kier alpha value is -1.32. The highest BCUT2D eigenvalue weighted by Crippen LogP contribution is 2.42. The van der Waals surface area contributed by atoms with Gasteiger partial charge in [0.1, 0.15) is 0 Å². The number of nitrogens with one attached hydrogen (secondary N) is 1. The van der Waals surface area contributed by atoms with Crippen molar-refractivity contribution in [3.63, 3.8) is 0 Å². The monoisotopic (exact) mass is 380 g/mol. The van der Waals surface area contributed by atoms with Crippen LogP contribution in [0.25, 0.3) is 0 Å². The van der Waals surface area contributed by atoms with Crippen LogP contribution in [0.1, 0.15) is 34.1 Å². The molecule has 0 aromatic heterocycles. The van der Waals surface area contributed by atoms with E-state index >= 15 is 0 Å². The Morgan fingerprint density at radius 3 is 2.48 bits per heavy atom. The molecule has 9 heteroatoms. The fourth-order valence-electron chi connectivity index (χ4n) is 3.71. The average Bonchev–Trinajstić information content (AvgIpc) is 3.14. The highest BCUT2D eigenvalue weighted by Gasteiger charge is 2.54. The maximum Gasteiger partial charge on any atom is 0.463 e. The summed E-state index contributed by atoms with van der Waals surface area (Å²) in [5.74, 6) is 0.337. The number of carbonyl (C=O) groups is 2. The molecule has 0 spiro atoms. The normalized spacial score (nSPS) is 28.1. The SMILES string of the molecule is CN1CCN(CCNC(=O)N2CCC(B3OC(C)(C)C(C)(C)O3)C2)CC1=O. The highest BCUT2D eigenvalue weighted by molar-refractivity contribution is 6.47. The van der Waals surface area contributed by atoms with Crippen LogP contribution in [0, 0.1) is 0 Å². The van der Waals surface area contributed by atoms with Gasteiger partial charge in [0.15, 0.2) is 0 Å². The predicted molar refractivity (Wildman–Crippen MR) is 103 cm³/mol. The van der Waals surface area contributed by atoms with Crippen molar-refractivity contribution in [1.29, 1.82) is 0 Å². The summed E-state index contributed by atoms with van der Waals surface area (Å²) < 4.78 is 12.3. The lowest BCUT2D eigenvalue weighted by atomic mass is 9.71. The first-order valence-electron chi connectivity index (χ1n) is 9.94. The molecule has 0 saturated carbocycles. The lowest BCUT2D eigenvalue weighted by Gasteiger charge is -2.32. The van der Waals surface area contributed by atoms with Crippen LogP contribution in [0.3, 0.4) is 0 Å². The third-order valence-electron chi connectivity index (χ3n) is 6.41. The second kappa shape index (κ2) is 7.60. The molecular formula is C18H33BN4O4. The first-order chi connectivity index (χ1) is 12.6. The minimum absolute atomic E-state index is 0.0468. The van der Waals surface area contributed by atoms with Crippen molar-refractivity contribution in [3.8, 4) is 0 Å². The number of amides is 3. The van der Waals surface area contributed by atoms with E-state index in [9.17, 15) is 9.59 Å². The Bertz CT molecular complexity index is 570. The summed E-state index contributed by atoms with van der Waals surface area (Å²) in [5.41, 5.74) is -0.680. The van der Waals surface area contributed by atoms with E-state index in [0.717, 1.165) is 19.5 Å². The van der Waals surface area contributed by atoms with Gasteiger partial charge in [-0.05, 0) is 34.1 Å². The summed E-state index contributed by atoms with van der Waals surface area (Å²) in [6.45, 7) is 12.8. The van der Waals surface area contributed by atoms with Crippen LogP contribution in [-0.2, 0) is 14.1 Å². The van der Waals surface area contributed by atoms with Crippen LogP contribution in [-0.4, -0.2) is 97.8 Å². The number of hydrogen-bond acceptors (Lipinski definition) is 5. The van der Waals surface area contributed by atoms with E-state index in [2.05, 4.69) is 37.9 Å². The Morgan fingerprint density at radius 2 is 1.85 bits per heavy atom. The number of likely N-dealkylation sites (N-methyl/N-ethyl adjacent to an activating group) is 1. The molecule has 0 aromatic rings. The topological polar surface area (TPSA) is 74.3 Å². The summed E-state index contributed by atoms with van der Waals surface area (Å²) in [6, 6.07) is -0.0468. The van der Waals surface area contributed by atoms with Gasteiger partial charge in [0, 0.05) is 52.1 Å². The summed E-state index contributed by atoms with van der Waals surface area (Å²) in [4.78, 5) is 29.9. The zero-order chi connectivity index (χ0) is 19.8. The lowest BCUT2D eigenvalue weighted by Crippen LogP contribution is -2.50. The molecule has 3 aliphatic heterocycles. The molecule has 0 aliphatic carbocycles. The smallest absolute Gasteiger partial charge is 0.403 e. The van der Waals surface area contributed by atoms with Crippen molar-refractivity contribution in [2.75, 3.05) is 52.9 Å². The zero-order valence-corrected chi connectivity index (χ0v) is 17.3. The van der Waals surface area contributed by atoms with Crippen LogP contribution < -0.4 is 5.32 Å². The second-order valence-corrected chi connectivity index (χ2v) is 8.94. The molecule has 3 rings (SSSR count). The van der Waals surface area contributed by atoms with Gasteiger partial charge in [0.05, 0.1) is 17.7 Å². The second-order valence-electron chi connectivity index (χ2n) is 8.94. The molecule has 0 radical (unpaired) electrons. The molecule has 1 atom stereocenters. The third-order valence-corrected chi connectivity index (χ3v) is 6.41. The quantitative estimate of drug-likeness (QED) is 0.725. The summed E-state index contributed by atoms with van der Waals surface area (Å²) in [6.07, 6.45) is 0.886. The van der Waals surface area contributed by atoms with Crippen LogP contribution in [0.15, 0.2) is 0 Å². The minimum Gasteiger partial charge on any atom is -0.403 e. The molecule has 8 nitrogen and oxygen atoms in total. The maximum absolute atomic E-state index is 12.5. The predicted octanol–water partition coefficient (Wildman–Crippen LogP) is 0.638. The molecule has 152 valence electrons. The number of likely N-dealkylation sites (tertiary alicyclic amines) is 1. The van der Waals surface area contributed by atoms with Gasteiger partial charge in [-0.3, -0.25) is 9.69 Å². The highest BCUT2D eigenvalue weighted by atomic mass is 16.7. The van der Waals surface area contributed by atoms with Crippen molar-refractivity contribution in [2.24, 2.45) is 0 Å².